The van der Waals surface area contributed by atoms with Crippen LogP contribution in [0.4, 0.5) is 0 Å². The summed E-state index contributed by atoms with van der Waals surface area (Å²) in [5.41, 5.74) is 0.999. The van der Waals surface area contributed by atoms with Crippen LogP contribution >= 0.6 is 11.3 Å². The van der Waals surface area contributed by atoms with Gasteiger partial charge in [0.2, 0.25) is 11.7 Å². The van der Waals surface area contributed by atoms with Crippen LogP contribution in [0.1, 0.15) is 24.8 Å². The predicted molar refractivity (Wildman–Crippen MR) is 100.0 cm³/mol. The number of aryl methyl sites for hydroxylation is 1. The molecule has 0 bridgehead atoms. The molecular weight excluding hydrogens is 350 g/mol. The topological polar surface area (TPSA) is 68.5 Å². The van der Waals surface area contributed by atoms with Crippen molar-refractivity contribution in [2.75, 3.05) is 7.05 Å². The molecule has 0 aliphatic rings. The lowest BCUT2D eigenvalue weighted by molar-refractivity contribution is -0.138. The van der Waals surface area contributed by atoms with E-state index < -0.39 is 6.10 Å². The Morgan fingerprint density at radius 2 is 2.12 bits per heavy atom. The minimum atomic E-state index is -0.555. The molecule has 0 saturated heterocycles. The minimum absolute atomic E-state index is 0.119. The SMILES string of the molecule is CC[C@H](Oc1ccccc1C)C(=O)N(C)Cc1nc(-c2cccs2)no1. The van der Waals surface area contributed by atoms with Crippen LogP contribution in [-0.4, -0.2) is 34.1 Å². The number of carbonyl (C=O) groups is 1. The lowest BCUT2D eigenvalue weighted by Crippen LogP contribution is -2.39. The number of benzene rings is 1. The minimum Gasteiger partial charge on any atom is -0.480 e. The molecule has 1 aromatic carbocycles. The van der Waals surface area contributed by atoms with Crippen LogP contribution in [-0.2, 0) is 11.3 Å². The van der Waals surface area contributed by atoms with Crippen LogP contribution in [0.5, 0.6) is 5.75 Å². The molecular formula is C19H21N3O3S. The first-order valence-corrected chi connectivity index (χ1v) is 9.30. The van der Waals surface area contributed by atoms with Crippen molar-refractivity contribution in [3.63, 3.8) is 0 Å². The molecule has 0 aliphatic heterocycles. The van der Waals surface area contributed by atoms with Gasteiger partial charge in [0.25, 0.3) is 5.91 Å². The van der Waals surface area contributed by atoms with Gasteiger partial charge in [-0.1, -0.05) is 36.3 Å². The number of amides is 1. The van der Waals surface area contributed by atoms with Gasteiger partial charge in [0.15, 0.2) is 6.10 Å². The Kier molecular flexibility index (Phi) is 5.68. The Morgan fingerprint density at radius 3 is 2.81 bits per heavy atom. The molecule has 6 nitrogen and oxygen atoms in total. The summed E-state index contributed by atoms with van der Waals surface area (Å²) >= 11 is 1.54. The van der Waals surface area contributed by atoms with E-state index in [0.29, 0.717) is 18.1 Å². The zero-order valence-corrected chi connectivity index (χ0v) is 15.8. The van der Waals surface area contributed by atoms with E-state index in [9.17, 15) is 4.79 Å². The Labute approximate surface area is 156 Å². The first-order chi connectivity index (χ1) is 12.6. The number of carbonyl (C=O) groups excluding carboxylic acids is 1. The fourth-order valence-electron chi connectivity index (χ4n) is 2.50. The van der Waals surface area contributed by atoms with Crippen LogP contribution < -0.4 is 4.74 Å². The van der Waals surface area contributed by atoms with Crippen molar-refractivity contribution in [2.24, 2.45) is 0 Å². The normalized spacial score (nSPS) is 12.0. The van der Waals surface area contributed by atoms with Gasteiger partial charge in [-0.15, -0.1) is 11.3 Å². The smallest absolute Gasteiger partial charge is 0.263 e. The van der Waals surface area contributed by atoms with E-state index >= 15 is 0 Å². The van der Waals surface area contributed by atoms with Gasteiger partial charge in [0.1, 0.15) is 5.75 Å². The molecule has 2 aromatic heterocycles. The average molecular weight is 371 g/mol. The molecule has 0 saturated carbocycles. The van der Waals surface area contributed by atoms with Crippen molar-refractivity contribution in [1.29, 1.82) is 0 Å². The van der Waals surface area contributed by atoms with Crippen molar-refractivity contribution in [2.45, 2.75) is 32.9 Å². The first kappa shape index (κ1) is 18.1. The summed E-state index contributed by atoms with van der Waals surface area (Å²) in [5, 5.41) is 5.92. The van der Waals surface area contributed by atoms with Crippen LogP contribution in [0.25, 0.3) is 10.7 Å². The predicted octanol–water partition coefficient (Wildman–Crippen LogP) is 3.92. The lowest BCUT2D eigenvalue weighted by atomic mass is 10.2. The maximum atomic E-state index is 12.7. The number of nitrogens with zero attached hydrogens (tertiary/aromatic N) is 3. The van der Waals surface area contributed by atoms with Crippen LogP contribution in [0.2, 0.25) is 0 Å². The highest BCUT2D eigenvalue weighted by atomic mass is 32.1. The van der Waals surface area contributed by atoms with E-state index in [0.717, 1.165) is 16.2 Å². The molecule has 1 amide bonds. The fourth-order valence-corrected chi connectivity index (χ4v) is 3.15. The molecule has 136 valence electrons. The van der Waals surface area contributed by atoms with Gasteiger partial charge in [-0.25, -0.2) is 0 Å². The van der Waals surface area contributed by atoms with Crippen LogP contribution in [0.3, 0.4) is 0 Å². The number of likely N-dealkylation sites (N-methyl/N-ethyl adjacent to an activating group) is 1. The summed E-state index contributed by atoms with van der Waals surface area (Å²) in [6.07, 6.45) is 0.0164. The Morgan fingerprint density at radius 1 is 1.31 bits per heavy atom. The van der Waals surface area contributed by atoms with Crippen LogP contribution in [0, 0.1) is 6.92 Å². The summed E-state index contributed by atoms with van der Waals surface area (Å²) in [4.78, 5) is 19.6. The number of rotatable bonds is 7. The maximum absolute atomic E-state index is 12.7. The molecule has 26 heavy (non-hydrogen) atoms. The third-order valence-corrected chi connectivity index (χ3v) is 4.83. The van der Waals surface area contributed by atoms with Crippen molar-refractivity contribution in [3.8, 4) is 16.5 Å². The van der Waals surface area contributed by atoms with E-state index in [4.69, 9.17) is 9.26 Å². The maximum Gasteiger partial charge on any atom is 0.263 e. The third-order valence-electron chi connectivity index (χ3n) is 3.97. The molecule has 3 rings (SSSR count). The Balaban J connectivity index is 1.65. The largest absolute Gasteiger partial charge is 0.480 e. The van der Waals surface area contributed by atoms with E-state index in [2.05, 4.69) is 10.1 Å². The van der Waals surface area contributed by atoms with Gasteiger partial charge in [-0.2, -0.15) is 4.98 Å². The number of hydrogen-bond donors (Lipinski definition) is 0. The molecule has 0 unspecified atom stereocenters. The first-order valence-electron chi connectivity index (χ1n) is 8.42. The van der Waals surface area contributed by atoms with E-state index in [1.165, 1.54) is 0 Å². The average Bonchev–Trinajstić information content (AvgIpc) is 3.32. The molecule has 0 radical (unpaired) electrons. The highest BCUT2D eigenvalue weighted by Gasteiger charge is 2.24. The zero-order valence-electron chi connectivity index (χ0n) is 15.0. The van der Waals surface area contributed by atoms with Crippen molar-refractivity contribution in [1.82, 2.24) is 15.0 Å². The monoisotopic (exact) mass is 371 g/mol. The fraction of sp³-hybridized carbons (Fsp3) is 0.316. The van der Waals surface area contributed by atoms with Gasteiger partial charge in [0.05, 0.1) is 11.4 Å². The zero-order chi connectivity index (χ0) is 18.5. The number of thiophene rings is 1. The van der Waals surface area contributed by atoms with Gasteiger partial charge >= 0.3 is 0 Å². The summed E-state index contributed by atoms with van der Waals surface area (Å²) in [7, 11) is 1.71. The number of ether oxygens (including phenoxy) is 1. The molecule has 2 heterocycles. The van der Waals surface area contributed by atoms with Gasteiger partial charge < -0.3 is 14.2 Å². The molecule has 7 heteroatoms. The van der Waals surface area contributed by atoms with E-state index in [1.807, 2.05) is 55.6 Å². The number of para-hydroxylation sites is 1. The van der Waals surface area contributed by atoms with Crippen molar-refractivity contribution < 1.29 is 14.1 Å². The Bertz CT molecular complexity index is 861. The Hall–Kier alpha value is -2.67. The summed E-state index contributed by atoms with van der Waals surface area (Å²) < 4.78 is 11.2. The quantitative estimate of drug-likeness (QED) is 0.630. The number of aromatic nitrogens is 2. The van der Waals surface area contributed by atoms with E-state index in [1.54, 1.807) is 23.3 Å². The summed E-state index contributed by atoms with van der Waals surface area (Å²) in [6, 6.07) is 11.5. The van der Waals surface area contributed by atoms with Crippen molar-refractivity contribution in [3.05, 3.63) is 53.2 Å². The second kappa shape index (κ2) is 8.14. The molecule has 0 N–H and O–H groups in total. The van der Waals surface area contributed by atoms with Gasteiger partial charge in [0, 0.05) is 7.05 Å². The summed E-state index contributed by atoms with van der Waals surface area (Å²) in [5.74, 6) is 1.54. The molecule has 0 fully saturated rings. The molecule has 1 atom stereocenters. The van der Waals surface area contributed by atoms with Gasteiger partial charge in [-0.05, 0) is 36.4 Å². The second-order valence-electron chi connectivity index (χ2n) is 5.96. The molecule has 0 aliphatic carbocycles. The number of hydrogen-bond acceptors (Lipinski definition) is 6. The second-order valence-corrected chi connectivity index (χ2v) is 6.91. The highest BCUT2D eigenvalue weighted by Crippen LogP contribution is 2.22. The van der Waals surface area contributed by atoms with E-state index in [-0.39, 0.29) is 12.5 Å². The molecule has 3 aromatic rings. The van der Waals surface area contributed by atoms with Gasteiger partial charge in [-0.3, -0.25) is 4.79 Å². The lowest BCUT2D eigenvalue weighted by Gasteiger charge is -2.23. The van der Waals surface area contributed by atoms with Crippen LogP contribution in [0.15, 0.2) is 46.3 Å². The third kappa shape index (κ3) is 4.11. The summed E-state index contributed by atoms with van der Waals surface area (Å²) in [6.45, 7) is 4.13. The standard InChI is InChI=1S/C19H21N3O3S/c1-4-14(24-15-9-6-5-8-13(15)2)19(23)22(3)12-17-20-18(21-25-17)16-10-7-11-26-16/h5-11,14H,4,12H2,1-3H3/t14-/m0/s1. The van der Waals surface area contributed by atoms with Crippen molar-refractivity contribution >= 4 is 17.2 Å². The molecule has 0 spiro atoms. The highest BCUT2D eigenvalue weighted by molar-refractivity contribution is 7.13.